The molecule has 0 saturated heterocycles. The molecule has 3 aromatic heterocycles. The summed E-state index contributed by atoms with van der Waals surface area (Å²) in [6.45, 7) is 1.94. The van der Waals surface area contributed by atoms with Crippen LogP contribution >= 0.6 is 0 Å². The lowest BCUT2D eigenvalue weighted by atomic mass is 10.3. The second kappa shape index (κ2) is 4.85. The molecule has 0 atom stereocenters. The molecule has 6 nitrogen and oxygen atoms in total. The molecule has 0 saturated carbocycles. The van der Waals surface area contributed by atoms with Crippen LogP contribution in [0, 0.1) is 6.92 Å². The summed E-state index contributed by atoms with van der Waals surface area (Å²) in [7, 11) is 0. The van der Waals surface area contributed by atoms with E-state index >= 15 is 0 Å². The highest BCUT2D eigenvalue weighted by molar-refractivity contribution is 5.58. The quantitative estimate of drug-likeness (QED) is 0.747. The zero-order valence-corrected chi connectivity index (χ0v) is 10.3. The third-order valence-corrected chi connectivity index (χ3v) is 2.52. The van der Waals surface area contributed by atoms with Crippen molar-refractivity contribution in [3.8, 4) is 11.4 Å². The number of aromatic amines is 1. The van der Waals surface area contributed by atoms with Gasteiger partial charge in [0.2, 0.25) is 0 Å². The molecule has 0 aliphatic carbocycles. The van der Waals surface area contributed by atoms with Crippen LogP contribution < -0.4 is 5.32 Å². The van der Waals surface area contributed by atoms with Gasteiger partial charge in [0, 0.05) is 18.0 Å². The van der Waals surface area contributed by atoms with Crippen molar-refractivity contribution in [3.63, 3.8) is 0 Å². The Balaban J connectivity index is 1.88. The van der Waals surface area contributed by atoms with E-state index in [0.29, 0.717) is 11.6 Å². The second-order valence-electron chi connectivity index (χ2n) is 4.07. The first-order valence-electron chi connectivity index (χ1n) is 5.84. The number of nitrogens with one attached hydrogen (secondary N) is 2. The Kier molecular flexibility index (Phi) is 2.89. The Labute approximate surface area is 110 Å². The zero-order chi connectivity index (χ0) is 13.1. The van der Waals surface area contributed by atoms with Crippen molar-refractivity contribution >= 4 is 11.6 Å². The molecule has 94 valence electrons. The number of anilines is 2. The van der Waals surface area contributed by atoms with Crippen LogP contribution in [0.2, 0.25) is 0 Å². The van der Waals surface area contributed by atoms with Gasteiger partial charge in [-0.1, -0.05) is 6.07 Å². The first kappa shape index (κ1) is 11.3. The van der Waals surface area contributed by atoms with Crippen LogP contribution in [0.25, 0.3) is 11.4 Å². The molecule has 0 aliphatic heterocycles. The predicted octanol–water partition coefficient (Wildman–Crippen LogP) is 2.31. The summed E-state index contributed by atoms with van der Waals surface area (Å²) < 4.78 is 0. The Morgan fingerprint density at radius 3 is 2.79 bits per heavy atom. The maximum atomic E-state index is 4.46. The van der Waals surface area contributed by atoms with Crippen molar-refractivity contribution in [1.82, 2.24) is 25.1 Å². The van der Waals surface area contributed by atoms with Gasteiger partial charge in [-0.25, -0.2) is 4.98 Å². The van der Waals surface area contributed by atoms with E-state index in [-0.39, 0.29) is 0 Å². The Bertz CT molecular complexity index is 676. The van der Waals surface area contributed by atoms with Crippen LogP contribution in [0.5, 0.6) is 0 Å². The van der Waals surface area contributed by atoms with Crippen molar-refractivity contribution < 1.29 is 0 Å². The number of aromatic nitrogens is 5. The van der Waals surface area contributed by atoms with Gasteiger partial charge in [-0.15, -0.1) is 0 Å². The fourth-order valence-electron chi connectivity index (χ4n) is 1.68. The molecule has 0 amide bonds. The smallest absolute Gasteiger partial charge is 0.153 e. The van der Waals surface area contributed by atoms with E-state index in [1.165, 1.54) is 0 Å². The van der Waals surface area contributed by atoms with Gasteiger partial charge in [0.05, 0.1) is 18.1 Å². The Hall–Kier alpha value is -2.76. The molecule has 3 rings (SSSR count). The summed E-state index contributed by atoms with van der Waals surface area (Å²) in [6.07, 6.45) is 5.06. The highest BCUT2D eigenvalue weighted by Crippen LogP contribution is 2.17. The van der Waals surface area contributed by atoms with Crippen molar-refractivity contribution in [2.24, 2.45) is 0 Å². The number of H-pyrrole nitrogens is 1. The molecule has 19 heavy (non-hydrogen) atoms. The molecule has 2 N–H and O–H groups in total. The summed E-state index contributed by atoms with van der Waals surface area (Å²) in [5.74, 6) is 1.35. The number of nitrogens with zero attached hydrogens (tertiary/aromatic N) is 4. The highest BCUT2D eigenvalue weighted by atomic mass is 15.2. The summed E-state index contributed by atoms with van der Waals surface area (Å²) >= 11 is 0. The van der Waals surface area contributed by atoms with Gasteiger partial charge in [0.1, 0.15) is 5.69 Å². The monoisotopic (exact) mass is 252 g/mol. The summed E-state index contributed by atoms with van der Waals surface area (Å²) in [4.78, 5) is 12.9. The van der Waals surface area contributed by atoms with Gasteiger partial charge < -0.3 is 5.32 Å². The molecule has 3 aromatic rings. The largest absolute Gasteiger partial charge is 0.322 e. The van der Waals surface area contributed by atoms with Crippen LogP contribution in [0.15, 0.2) is 42.9 Å². The van der Waals surface area contributed by atoms with Gasteiger partial charge >= 0.3 is 0 Å². The lowest BCUT2D eigenvalue weighted by Crippen LogP contribution is -1.97. The minimum atomic E-state index is 0.634. The number of pyridine rings is 1. The van der Waals surface area contributed by atoms with E-state index in [1.54, 1.807) is 18.6 Å². The first-order chi connectivity index (χ1) is 9.31. The van der Waals surface area contributed by atoms with Crippen LogP contribution in [-0.4, -0.2) is 25.1 Å². The van der Waals surface area contributed by atoms with E-state index in [4.69, 9.17) is 0 Å². The fraction of sp³-hybridized carbons (Fsp3) is 0.0769. The van der Waals surface area contributed by atoms with Crippen molar-refractivity contribution in [3.05, 3.63) is 48.5 Å². The minimum Gasteiger partial charge on any atom is -0.322 e. The van der Waals surface area contributed by atoms with E-state index in [1.807, 2.05) is 31.2 Å². The molecule has 3 heterocycles. The maximum absolute atomic E-state index is 4.46. The van der Waals surface area contributed by atoms with Gasteiger partial charge in [0.15, 0.2) is 11.6 Å². The van der Waals surface area contributed by atoms with Crippen molar-refractivity contribution in [2.45, 2.75) is 6.92 Å². The predicted molar refractivity (Wildman–Crippen MR) is 71.9 cm³/mol. The number of aryl methyl sites for hydroxylation is 1. The molecule has 0 radical (unpaired) electrons. The summed E-state index contributed by atoms with van der Waals surface area (Å²) in [5.41, 5.74) is 2.49. The second-order valence-corrected chi connectivity index (χ2v) is 4.07. The van der Waals surface area contributed by atoms with E-state index in [0.717, 1.165) is 17.1 Å². The van der Waals surface area contributed by atoms with E-state index in [9.17, 15) is 0 Å². The van der Waals surface area contributed by atoms with Crippen molar-refractivity contribution in [1.29, 1.82) is 0 Å². The Morgan fingerprint density at radius 2 is 2.05 bits per heavy atom. The molecule has 0 bridgehead atoms. The van der Waals surface area contributed by atoms with Crippen LogP contribution in [0.1, 0.15) is 5.69 Å². The fourth-order valence-corrected chi connectivity index (χ4v) is 1.68. The lowest BCUT2D eigenvalue weighted by Gasteiger charge is -2.03. The minimum absolute atomic E-state index is 0.634. The van der Waals surface area contributed by atoms with Gasteiger partial charge in [-0.2, -0.15) is 5.10 Å². The summed E-state index contributed by atoms with van der Waals surface area (Å²) in [6, 6.07) is 7.58. The zero-order valence-electron chi connectivity index (χ0n) is 10.3. The van der Waals surface area contributed by atoms with Crippen LogP contribution in [-0.2, 0) is 0 Å². The highest BCUT2D eigenvalue weighted by Gasteiger charge is 2.04. The van der Waals surface area contributed by atoms with E-state index in [2.05, 4.69) is 30.5 Å². The molecule has 0 fully saturated rings. The van der Waals surface area contributed by atoms with Gasteiger partial charge in [0.25, 0.3) is 0 Å². The molecule has 0 spiro atoms. The average molecular weight is 252 g/mol. The standard InChI is InChI=1S/C13H12N6/c1-9-6-12(19-18-9)17-13-8-14-7-11(16-13)10-4-2-3-5-15-10/h2-8H,1H3,(H2,16,17,18,19). The van der Waals surface area contributed by atoms with E-state index < -0.39 is 0 Å². The SMILES string of the molecule is Cc1cc(Nc2cncc(-c3ccccn3)n2)n[nH]1. The summed E-state index contributed by atoms with van der Waals surface area (Å²) in [5, 5.41) is 10.0. The number of rotatable bonds is 3. The molecule has 0 unspecified atom stereocenters. The third-order valence-electron chi connectivity index (χ3n) is 2.52. The number of hydrogen-bond acceptors (Lipinski definition) is 5. The lowest BCUT2D eigenvalue weighted by molar-refractivity contribution is 1.05. The molecular formula is C13H12N6. The normalized spacial score (nSPS) is 10.4. The molecule has 6 heteroatoms. The molecule has 0 aliphatic rings. The Morgan fingerprint density at radius 1 is 1.11 bits per heavy atom. The molecule has 0 aromatic carbocycles. The topological polar surface area (TPSA) is 79.4 Å². The van der Waals surface area contributed by atoms with Crippen molar-refractivity contribution in [2.75, 3.05) is 5.32 Å². The van der Waals surface area contributed by atoms with Crippen LogP contribution in [0.4, 0.5) is 11.6 Å². The number of hydrogen-bond donors (Lipinski definition) is 2. The molecular weight excluding hydrogens is 240 g/mol. The third kappa shape index (κ3) is 2.57. The maximum Gasteiger partial charge on any atom is 0.153 e. The van der Waals surface area contributed by atoms with Crippen LogP contribution in [0.3, 0.4) is 0 Å². The first-order valence-corrected chi connectivity index (χ1v) is 5.84. The average Bonchev–Trinajstić information content (AvgIpc) is 2.85. The van der Waals surface area contributed by atoms with Gasteiger partial charge in [-0.3, -0.25) is 15.1 Å². The van der Waals surface area contributed by atoms with Gasteiger partial charge in [-0.05, 0) is 19.1 Å².